The molecule has 0 unspecified atom stereocenters. The average Bonchev–Trinajstić information content (AvgIpc) is 2.48. The Morgan fingerprint density at radius 1 is 1.00 bits per heavy atom. The highest BCUT2D eigenvalue weighted by atomic mass is 16.5. The number of rotatable bonds is 7. The van der Waals surface area contributed by atoms with Gasteiger partial charge in [0.15, 0.2) is 0 Å². The zero-order valence-corrected chi connectivity index (χ0v) is 13.4. The molecule has 1 aliphatic rings. The Morgan fingerprint density at radius 2 is 1.71 bits per heavy atom. The van der Waals surface area contributed by atoms with Crippen LogP contribution in [0.25, 0.3) is 0 Å². The minimum Gasteiger partial charge on any atom is -0.464 e. The van der Waals surface area contributed by atoms with Gasteiger partial charge in [-0.3, -0.25) is 0 Å². The van der Waals surface area contributed by atoms with E-state index in [0.717, 1.165) is 12.5 Å². The first-order valence-electron chi connectivity index (χ1n) is 8.14. The largest absolute Gasteiger partial charge is 0.464 e. The molecule has 2 rings (SSSR count). The average molecular weight is 293 g/mol. The normalized spacial score (nSPS) is 21.9. The van der Waals surface area contributed by atoms with Crippen molar-refractivity contribution >= 4 is 11.9 Å². The van der Waals surface area contributed by atoms with Crippen LogP contribution in [0.15, 0.2) is 0 Å². The molecule has 0 aliphatic heterocycles. The van der Waals surface area contributed by atoms with Gasteiger partial charge in [0.1, 0.15) is 0 Å². The molecule has 0 atom stereocenters. The molecule has 1 heterocycles. The van der Waals surface area contributed by atoms with E-state index >= 15 is 0 Å². The second kappa shape index (κ2) is 8.00. The van der Waals surface area contributed by atoms with Crippen molar-refractivity contribution in [3.8, 4) is 6.01 Å². The first-order valence-corrected chi connectivity index (χ1v) is 8.14. The first-order chi connectivity index (χ1) is 10.2. The molecule has 1 aliphatic carbocycles. The number of ether oxygens (including phenoxy) is 1. The van der Waals surface area contributed by atoms with Crippen LogP contribution in [0.5, 0.6) is 6.01 Å². The fourth-order valence-corrected chi connectivity index (χ4v) is 2.75. The predicted molar refractivity (Wildman–Crippen MR) is 84.8 cm³/mol. The molecule has 1 aromatic rings. The number of hydrogen-bond donors (Lipinski definition) is 2. The fourth-order valence-electron chi connectivity index (χ4n) is 2.75. The molecule has 118 valence electrons. The molecule has 0 aromatic carbocycles. The summed E-state index contributed by atoms with van der Waals surface area (Å²) in [4.78, 5) is 13.0. The van der Waals surface area contributed by atoms with Gasteiger partial charge in [-0.15, -0.1) is 0 Å². The summed E-state index contributed by atoms with van der Waals surface area (Å²) in [5, 5.41) is 6.56. The van der Waals surface area contributed by atoms with Gasteiger partial charge >= 0.3 is 6.01 Å². The molecule has 1 fully saturated rings. The second-order valence-corrected chi connectivity index (χ2v) is 5.50. The van der Waals surface area contributed by atoms with Crippen LogP contribution in [0.1, 0.15) is 52.9 Å². The lowest BCUT2D eigenvalue weighted by molar-refractivity contribution is 0.311. The van der Waals surface area contributed by atoms with Crippen molar-refractivity contribution < 1.29 is 4.74 Å². The van der Waals surface area contributed by atoms with E-state index in [0.29, 0.717) is 30.6 Å². The summed E-state index contributed by atoms with van der Waals surface area (Å²) < 4.78 is 5.41. The standard InChI is InChI=1S/C15H27N5O/c1-4-11-7-9-12(10-8-11)17-14-18-13(16-5-2)19-15(20-14)21-6-3/h11-12H,4-10H2,1-3H3,(H2,16,17,18,19,20). The van der Waals surface area contributed by atoms with E-state index in [1.807, 2.05) is 13.8 Å². The minimum atomic E-state index is 0.383. The number of nitrogens with zero attached hydrogens (tertiary/aromatic N) is 3. The lowest BCUT2D eigenvalue weighted by atomic mass is 9.85. The monoisotopic (exact) mass is 293 g/mol. The van der Waals surface area contributed by atoms with Gasteiger partial charge in [-0.05, 0) is 45.4 Å². The maximum absolute atomic E-state index is 5.41. The smallest absolute Gasteiger partial charge is 0.323 e. The van der Waals surface area contributed by atoms with Crippen molar-refractivity contribution in [3.63, 3.8) is 0 Å². The van der Waals surface area contributed by atoms with Crippen molar-refractivity contribution in [3.05, 3.63) is 0 Å². The first kappa shape index (κ1) is 15.8. The van der Waals surface area contributed by atoms with E-state index in [1.54, 1.807) is 0 Å². The van der Waals surface area contributed by atoms with E-state index < -0.39 is 0 Å². The van der Waals surface area contributed by atoms with Crippen LogP contribution in [-0.4, -0.2) is 34.1 Å². The van der Waals surface area contributed by atoms with E-state index in [1.165, 1.54) is 32.1 Å². The number of hydrogen-bond acceptors (Lipinski definition) is 6. The van der Waals surface area contributed by atoms with Gasteiger partial charge in [0.25, 0.3) is 0 Å². The van der Waals surface area contributed by atoms with Gasteiger partial charge < -0.3 is 15.4 Å². The highest BCUT2D eigenvalue weighted by Gasteiger charge is 2.21. The predicted octanol–water partition coefficient (Wildman–Crippen LogP) is 3.08. The maximum Gasteiger partial charge on any atom is 0.323 e. The molecule has 0 saturated heterocycles. The quantitative estimate of drug-likeness (QED) is 0.805. The molecule has 21 heavy (non-hydrogen) atoms. The van der Waals surface area contributed by atoms with Crippen LogP contribution in [0.3, 0.4) is 0 Å². The van der Waals surface area contributed by atoms with Crippen LogP contribution in [-0.2, 0) is 0 Å². The van der Waals surface area contributed by atoms with Gasteiger partial charge in [-0.1, -0.05) is 13.3 Å². The van der Waals surface area contributed by atoms with Crippen molar-refractivity contribution in [2.45, 2.75) is 58.9 Å². The SMILES string of the molecule is CCNc1nc(NC2CCC(CC)CC2)nc(OCC)n1. The van der Waals surface area contributed by atoms with Gasteiger partial charge in [0, 0.05) is 12.6 Å². The Hall–Kier alpha value is -1.59. The Morgan fingerprint density at radius 3 is 2.33 bits per heavy atom. The lowest BCUT2D eigenvalue weighted by Crippen LogP contribution is -2.27. The molecule has 2 N–H and O–H groups in total. The summed E-state index contributed by atoms with van der Waals surface area (Å²) in [6.07, 6.45) is 6.24. The summed E-state index contributed by atoms with van der Waals surface area (Å²) in [6.45, 7) is 7.55. The summed E-state index contributed by atoms with van der Waals surface area (Å²) >= 11 is 0. The van der Waals surface area contributed by atoms with E-state index in [4.69, 9.17) is 4.74 Å². The zero-order chi connectivity index (χ0) is 15.1. The van der Waals surface area contributed by atoms with Crippen molar-refractivity contribution in [1.29, 1.82) is 0 Å². The topological polar surface area (TPSA) is 72.0 Å². The molecule has 0 bridgehead atoms. The third-order valence-corrected chi connectivity index (χ3v) is 3.98. The molecular formula is C15H27N5O. The van der Waals surface area contributed by atoms with Crippen LogP contribution < -0.4 is 15.4 Å². The molecule has 6 nitrogen and oxygen atoms in total. The number of aromatic nitrogens is 3. The number of anilines is 2. The Balaban J connectivity index is 2.01. The Kier molecular flexibility index (Phi) is 6.02. The third kappa shape index (κ3) is 4.72. The van der Waals surface area contributed by atoms with Crippen LogP contribution in [0, 0.1) is 5.92 Å². The summed E-state index contributed by atoms with van der Waals surface area (Å²) in [6, 6.07) is 0.840. The highest BCUT2D eigenvalue weighted by Crippen LogP contribution is 2.28. The highest BCUT2D eigenvalue weighted by molar-refractivity contribution is 5.36. The Labute approximate surface area is 127 Å². The molecular weight excluding hydrogens is 266 g/mol. The fraction of sp³-hybridized carbons (Fsp3) is 0.800. The zero-order valence-electron chi connectivity index (χ0n) is 13.4. The van der Waals surface area contributed by atoms with Gasteiger partial charge in [0.2, 0.25) is 11.9 Å². The van der Waals surface area contributed by atoms with Gasteiger partial charge in [0.05, 0.1) is 6.61 Å². The summed E-state index contributed by atoms with van der Waals surface area (Å²) in [5.41, 5.74) is 0. The third-order valence-electron chi connectivity index (χ3n) is 3.98. The molecule has 1 aromatic heterocycles. The maximum atomic E-state index is 5.41. The van der Waals surface area contributed by atoms with Crippen molar-refractivity contribution in [2.24, 2.45) is 5.92 Å². The number of nitrogens with one attached hydrogen (secondary N) is 2. The van der Waals surface area contributed by atoms with E-state index in [2.05, 4.69) is 32.5 Å². The second-order valence-electron chi connectivity index (χ2n) is 5.50. The molecule has 0 amide bonds. The molecule has 0 spiro atoms. The molecule has 6 heteroatoms. The molecule has 0 radical (unpaired) electrons. The van der Waals surface area contributed by atoms with Gasteiger partial charge in [-0.2, -0.15) is 15.0 Å². The lowest BCUT2D eigenvalue weighted by Gasteiger charge is -2.28. The minimum absolute atomic E-state index is 0.383. The van der Waals surface area contributed by atoms with Crippen LogP contribution in [0.2, 0.25) is 0 Å². The Bertz CT molecular complexity index is 408. The van der Waals surface area contributed by atoms with Crippen LogP contribution in [0.4, 0.5) is 11.9 Å². The van der Waals surface area contributed by atoms with Crippen LogP contribution >= 0.6 is 0 Å². The van der Waals surface area contributed by atoms with E-state index in [9.17, 15) is 0 Å². The van der Waals surface area contributed by atoms with E-state index in [-0.39, 0.29) is 0 Å². The summed E-state index contributed by atoms with van der Waals surface area (Å²) in [7, 11) is 0. The van der Waals surface area contributed by atoms with Crippen molar-refractivity contribution in [1.82, 2.24) is 15.0 Å². The molecule has 1 saturated carbocycles. The van der Waals surface area contributed by atoms with Gasteiger partial charge in [-0.25, -0.2) is 0 Å². The summed E-state index contributed by atoms with van der Waals surface area (Å²) in [5.74, 6) is 2.07. The van der Waals surface area contributed by atoms with Crippen molar-refractivity contribution in [2.75, 3.05) is 23.8 Å².